The van der Waals surface area contributed by atoms with Crippen LogP contribution in [-0.2, 0) is 0 Å². The van der Waals surface area contributed by atoms with Crippen molar-refractivity contribution in [2.45, 2.75) is 33.2 Å². The predicted octanol–water partition coefficient (Wildman–Crippen LogP) is 2.93. The van der Waals surface area contributed by atoms with Crippen LogP contribution in [0.5, 0.6) is 0 Å². The molecule has 0 bridgehead atoms. The fourth-order valence-corrected chi connectivity index (χ4v) is 2.32. The Morgan fingerprint density at radius 1 is 1.41 bits per heavy atom. The van der Waals surface area contributed by atoms with Crippen LogP contribution in [0.15, 0.2) is 18.2 Å². The molecule has 1 saturated heterocycles. The summed E-state index contributed by atoms with van der Waals surface area (Å²) in [5.74, 6) is -0.137. The van der Waals surface area contributed by atoms with E-state index in [1.807, 2.05) is 12.1 Å². The van der Waals surface area contributed by atoms with Gasteiger partial charge in [-0.3, -0.25) is 0 Å². The Morgan fingerprint density at radius 3 is 2.82 bits per heavy atom. The minimum Gasteiger partial charge on any atom is -0.382 e. The molecule has 17 heavy (non-hydrogen) atoms. The van der Waals surface area contributed by atoms with Crippen molar-refractivity contribution < 1.29 is 4.39 Å². The molecular weight excluding hydrogens is 215 g/mol. The van der Waals surface area contributed by atoms with Gasteiger partial charge in [0, 0.05) is 18.3 Å². The Labute approximate surface area is 103 Å². The van der Waals surface area contributed by atoms with Gasteiger partial charge in [-0.1, -0.05) is 19.9 Å². The maximum atomic E-state index is 13.5. The van der Waals surface area contributed by atoms with Crippen molar-refractivity contribution in [2.24, 2.45) is 5.41 Å². The maximum absolute atomic E-state index is 13.5. The Hall–Kier alpha value is -1.09. The van der Waals surface area contributed by atoms with Gasteiger partial charge < -0.3 is 10.6 Å². The molecule has 0 spiro atoms. The number of rotatable bonds is 2. The molecule has 1 fully saturated rings. The summed E-state index contributed by atoms with van der Waals surface area (Å²) < 4.78 is 13.5. The molecule has 2 N–H and O–H groups in total. The fourth-order valence-electron chi connectivity index (χ4n) is 2.32. The van der Waals surface area contributed by atoms with E-state index >= 15 is 0 Å². The van der Waals surface area contributed by atoms with Crippen molar-refractivity contribution in [3.63, 3.8) is 0 Å². The highest BCUT2D eigenvalue weighted by molar-refractivity contribution is 5.46. The zero-order valence-corrected chi connectivity index (χ0v) is 10.8. The zero-order valence-electron chi connectivity index (χ0n) is 10.8. The van der Waals surface area contributed by atoms with E-state index in [9.17, 15) is 4.39 Å². The molecule has 1 aromatic rings. The van der Waals surface area contributed by atoms with Crippen LogP contribution in [0.2, 0.25) is 0 Å². The second kappa shape index (κ2) is 4.65. The highest BCUT2D eigenvalue weighted by Gasteiger charge is 2.31. The lowest BCUT2D eigenvalue weighted by Crippen LogP contribution is -2.49. The third-order valence-electron chi connectivity index (χ3n) is 3.65. The van der Waals surface area contributed by atoms with Crippen molar-refractivity contribution in [3.8, 4) is 0 Å². The predicted molar refractivity (Wildman–Crippen MR) is 69.8 cm³/mol. The van der Waals surface area contributed by atoms with E-state index in [1.165, 1.54) is 0 Å². The minimum atomic E-state index is -0.137. The molecule has 94 valence electrons. The highest BCUT2D eigenvalue weighted by Crippen LogP contribution is 2.28. The summed E-state index contributed by atoms with van der Waals surface area (Å²) >= 11 is 0. The number of hydrogen-bond donors (Lipinski definition) is 2. The van der Waals surface area contributed by atoms with Crippen LogP contribution in [0.3, 0.4) is 0 Å². The molecule has 2 rings (SSSR count). The van der Waals surface area contributed by atoms with Gasteiger partial charge in [0.2, 0.25) is 0 Å². The van der Waals surface area contributed by atoms with Gasteiger partial charge in [-0.05, 0) is 43.0 Å². The number of halogens is 1. The number of aryl methyl sites for hydroxylation is 1. The van der Waals surface area contributed by atoms with Crippen molar-refractivity contribution in [1.29, 1.82) is 0 Å². The summed E-state index contributed by atoms with van der Waals surface area (Å²) in [6.07, 6.45) is 1.07. The summed E-state index contributed by atoms with van der Waals surface area (Å²) in [5, 5.41) is 6.86. The van der Waals surface area contributed by atoms with Crippen molar-refractivity contribution >= 4 is 5.69 Å². The van der Waals surface area contributed by atoms with Crippen LogP contribution in [-0.4, -0.2) is 19.1 Å². The van der Waals surface area contributed by atoms with Gasteiger partial charge in [-0.25, -0.2) is 4.39 Å². The second-order valence-corrected chi connectivity index (χ2v) is 5.61. The Balaban J connectivity index is 2.11. The summed E-state index contributed by atoms with van der Waals surface area (Å²) in [6, 6.07) is 5.77. The molecule has 1 unspecified atom stereocenters. The van der Waals surface area contributed by atoms with Gasteiger partial charge in [-0.2, -0.15) is 0 Å². The topological polar surface area (TPSA) is 24.1 Å². The van der Waals surface area contributed by atoms with Gasteiger partial charge in [0.1, 0.15) is 5.82 Å². The van der Waals surface area contributed by atoms with E-state index in [4.69, 9.17) is 0 Å². The summed E-state index contributed by atoms with van der Waals surface area (Å²) in [6.45, 7) is 8.28. The Morgan fingerprint density at radius 2 is 2.18 bits per heavy atom. The average molecular weight is 236 g/mol. The molecule has 1 heterocycles. The number of benzene rings is 1. The number of hydrogen-bond acceptors (Lipinski definition) is 2. The van der Waals surface area contributed by atoms with Gasteiger partial charge >= 0.3 is 0 Å². The normalized spacial score (nSPS) is 23.4. The van der Waals surface area contributed by atoms with E-state index in [-0.39, 0.29) is 11.2 Å². The van der Waals surface area contributed by atoms with Crippen LogP contribution in [0.1, 0.15) is 25.8 Å². The van der Waals surface area contributed by atoms with E-state index < -0.39 is 0 Å². The highest BCUT2D eigenvalue weighted by atomic mass is 19.1. The molecule has 1 atom stereocenters. The van der Waals surface area contributed by atoms with Crippen molar-refractivity contribution in [1.82, 2.24) is 5.32 Å². The quantitative estimate of drug-likeness (QED) is 0.825. The van der Waals surface area contributed by atoms with Crippen molar-refractivity contribution in [2.75, 3.05) is 18.4 Å². The average Bonchev–Trinajstić information content (AvgIpc) is 2.26. The molecule has 0 aliphatic carbocycles. The summed E-state index contributed by atoms with van der Waals surface area (Å²) in [7, 11) is 0. The van der Waals surface area contributed by atoms with Crippen LogP contribution in [0.25, 0.3) is 0 Å². The molecule has 0 aromatic heterocycles. The lowest BCUT2D eigenvalue weighted by atomic mass is 9.80. The van der Waals surface area contributed by atoms with Gasteiger partial charge in [0.15, 0.2) is 0 Å². The lowest BCUT2D eigenvalue weighted by molar-refractivity contribution is 0.236. The first-order valence-corrected chi connectivity index (χ1v) is 6.22. The smallest absolute Gasteiger partial charge is 0.128 e. The van der Waals surface area contributed by atoms with Gasteiger partial charge in [-0.15, -0.1) is 0 Å². The van der Waals surface area contributed by atoms with Crippen LogP contribution in [0.4, 0.5) is 10.1 Å². The SMILES string of the molecule is Cc1ccc(NC2CCNCC2(C)C)cc1F. The number of piperidine rings is 1. The monoisotopic (exact) mass is 236 g/mol. The van der Waals surface area contributed by atoms with E-state index in [2.05, 4.69) is 24.5 Å². The molecular formula is C14H21FN2. The third kappa shape index (κ3) is 2.78. The van der Waals surface area contributed by atoms with Crippen LogP contribution in [0, 0.1) is 18.2 Å². The standard InChI is InChI=1S/C14H21FN2/c1-10-4-5-11(8-12(10)15)17-13-6-7-16-9-14(13,2)3/h4-5,8,13,16-17H,6-7,9H2,1-3H3. The molecule has 1 aromatic carbocycles. The molecule has 1 aliphatic rings. The van der Waals surface area contributed by atoms with Crippen LogP contribution >= 0.6 is 0 Å². The Kier molecular flexibility index (Phi) is 3.38. The zero-order chi connectivity index (χ0) is 12.5. The summed E-state index contributed by atoms with van der Waals surface area (Å²) in [5.41, 5.74) is 1.77. The van der Waals surface area contributed by atoms with Gasteiger partial charge in [0.25, 0.3) is 0 Å². The van der Waals surface area contributed by atoms with Gasteiger partial charge in [0.05, 0.1) is 0 Å². The molecule has 0 saturated carbocycles. The Bertz CT molecular complexity index is 401. The minimum absolute atomic E-state index is 0.137. The number of anilines is 1. The maximum Gasteiger partial charge on any atom is 0.128 e. The lowest BCUT2D eigenvalue weighted by Gasteiger charge is -2.40. The first-order valence-electron chi connectivity index (χ1n) is 6.22. The fraction of sp³-hybridized carbons (Fsp3) is 0.571. The van der Waals surface area contributed by atoms with E-state index in [0.29, 0.717) is 11.6 Å². The first-order chi connectivity index (χ1) is 7.99. The second-order valence-electron chi connectivity index (χ2n) is 5.61. The van der Waals surface area contributed by atoms with E-state index in [1.54, 1.807) is 13.0 Å². The van der Waals surface area contributed by atoms with Crippen LogP contribution < -0.4 is 10.6 Å². The largest absolute Gasteiger partial charge is 0.382 e. The van der Waals surface area contributed by atoms with E-state index in [0.717, 1.165) is 25.2 Å². The molecule has 3 heteroatoms. The molecule has 2 nitrogen and oxygen atoms in total. The molecule has 0 amide bonds. The first kappa shape index (κ1) is 12.4. The molecule has 1 aliphatic heterocycles. The number of nitrogens with one attached hydrogen (secondary N) is 2. The third-order valence-corrected chi connectivity index (χ3v) is 3.65. The van der Waals surface area contributed by atoms with Crippen molar-refractivity contribution in [3.05, 3.63) is 29.6 Å². The molecule has 0 radical (unpaired) electrons. The summed E-state index contributed by atoms with van der Waals surface area (Å²) in [4.78, 5) is 0.